The summed E-state index contributed by atoms with van der Waals surface area (Å²) in [4.78, 5) is 17.9. The van der Waals surface area contributed by atoms with Crippen LogP contribution in [0.1, 0.15) is 35.6 Å². The third-order valence-corrected chi connectivity index (χ3v) is 5.25. The highest BCUT2D eigenvalue weighted by atomic mass is 16.2. The number of hydrogen-bond donors (Lipinski definition) is 1. The van der Waals surface area contributed by atoms with Crippen LogP contribution in [0.4, 0.5) is 0 Å². The number of aryl methyl sites for hydroxylation is 2. The van der Waals surface area contributed by atoms with Crippen molar-refractivity contribution < 1.29 is 4.79 Å². The number of hydrogen-bond acceptors (Lipinski definition) is 1. The molecule has 1 atom stereocenters. The van der Waals surface area contributed by atoms with Crippen LogP contribution in [0, 0.1) is 0 Å². The molecule has 0 saturated carbocycles. The Morgan fingerprint density at radius 1 is 1.17 bits per heavy atom. The van der Waals surface area contributed by atoms with E-state index >= 15 is 0 Å². The molecule has 3 heteroatoms. The molecule has 0 unspecified atom stereocenters. The van der Waals surface area contributed by atoms with E-state index in [-0.39, 0.29) is 11.9 Å². The number of H-pyrrole nitrogens is 1. The molecule has 1 aliphatic carbocycles. The lowest BCUT2D eigenvalue weighted by Gasteiger charge is -2.25. The summed E-state index contributed by atoms with van der Waals surface area (Å²) in [5.74, 6) is 0.224. The lowest BCUT2D eigenvalue weighted by atomic mass is 10.1. The fourth-order valence-corrected chi connectivity index (χ4v) is 3.87. The van der Waals surface area contributed by atoms with Crippen molar-refractivity contribution in [3.05, 3.63) is 71.4 Å². The topological polar surface area (TPSA) is 36.1 Å². The summed E-state index contributed by atoms with van der Waals surface area (Å²) in [5.41, 5.74) is 5.07. The molecule has 1 aromatic heterocycles. The van der Waals surface area contributed by atoms with Crippen LogP contribution in [0.5, 0.6) is 0 Å². The number of aromatic nitrogens is 1. The standard InChI is InChI=1S/C21H22N2O/c1-23(20-12-10-15-6-2-3-8-18(15)20)21(24)13-11-16-14-22-19-9-5-4-7-17(16)19/h2-9,14,20,22H,10-13H2,1H3/t20-/m1/s1. The smallest absolute Gasteiger partial charge is 0.223 e. The van der Waals surface area contributed by atoms with Crippen LogP contribution in [0.3, 0.4) is 0 Å². The molecule has 3 aromatic rings. The molecule has 1 N–H and O–H groups in total. The molecule has 0 aliphatic heterocycles. The molecule has 2 aromatic carbocycles. The van der Waals surface area contributed by atoms with Gasteiger partial charge in [-0.2, -0.15) is 0 Å². The zero-order valence-electron chi connectivity index (χ0n) is 14.0. The first-order chi connectivity index (χ1) is 11.7. The number of nitrogens with one attached hydrogen (secondary N) is 1. The van der Waals surface area contributed by atoms with Crippen LogP contribution in [-0.2, 0) is 17.6 Å². The fraction of sp³-hybridized carbons (Fsp3) is 0.286. The van der Waals surface area contributed by atoms with E-state index in [0.717, 1.165) is 24.8 Å². The van der Waals surface area contributed by atoms with Crippen molar-refractivity contribution in [2.45, 2.75) is 31.7 Å². The predicted octanol–water partition coefficient (Wildman–Crippen LogP) is 4.25. The van der Waals surface area contributed by atoms with Gasteiger partial charge in [-0.05, 0) is 42.0 Å². The second-order valence-electron chi connectivity index (χ2n) is 6.62. The predicted molar refractivity (Wildman–Crippen MR) is 96.9 cm³/mol. The average Bonchev–Trinajstić information content (AvgIpc) is 3.23. The Morgan fingerprint density at radius 2 is 1.96 bits per heavy atom. The number of rotatable bonds is 4. The van der Waals surface area contributed by atoms with Gasteiger partial charge in [0.1, 0.15) is 0 Å². The quantitative estimate of drug-likeness (QED) is 0.767. The second kappa shape index (κ2) is 6.16. The maximum absolute atomic E-state index is 12.7. The molecule has 0 spiro atoms. The molecule has 0 bridgehead atoms. The number of para-hydroxylation sites is 1. The van der Waals surface area contributed by atoms with E-state index in [1.54, 1.807) is 0 Å². The number of aromatic amines is 1. The number of amides is 1. The Morgan fingerprint density at radius 3 is 2.88 bits per heavy atom. The summed E-state index contributed by atoms with van der Waals surface area (Å²) in [6.07, 6.45) is 5.47. The van der Waals surface area contributed by atoms with E-state index in [1.807, 2.05) is 30.3 Å². The molecule has 0 radical (unpaired) electrons. The molecule has 0 fully saturated rings. The Hall–Kier alpha value is -2.55. The van der Waals surface area contributed by atoms with E-state index in [4.69, 9.17) is 0 Å². The number of nitrogens with zero attached hydrogens (tertiary/aromatic N) is 1. The van der Waals surface area contributed by atoms with Crippen LogP contribution < -0.4 is 0 Å². The highest BCUT2D eigenvalue weighted by Gasteiger charge is 2.28. The third kappa shape index (κ3) is 2.60. The van der Waals surface area contributed by atoms with E-state index in [1.165, 1.54) is 22.1 Å². The van der Waals surface area contributed by atoms with Crippen molar-refractivity contribution in [3.63, 3.8) is 0 Å². The summed E-state index contributed by atoms with van der Waals surface area (Å²) in [5, 5.41) is 1.22. The minimum absolute atomic E-state index is 0.224. The molecule has 1 heterocycles. The lowest BCUT2D eigenvalue weighted by molar-refractivity contribution is -0.132. The Bertz CT molecular complexity index is 880. The van der Waals surface area contributed by atoms with Crippen molar-refractivity contribution in [2.24, 2.45) is 0 Å². The van der Waals surface area contributed by atoms with Crippen molar-refractivity contribution in [1.29, 1.82) is 0 Å². The van der Waals surface area contributed by atoms with Gasteiger partial charge in [0.15, 0.2) is 0 Å². The van der Waals surface area contributed by atoms with Crippen LogP contribution in [-0.4, -0.2) is 22.8 Å². The average molecular weight is 318 g/mol. The molecular formula is C21H22N2O. The molecule has 24 heavy (non-hydrogen) atoms. The number of fused-ring (bicyclic) bond motifs is 2. The van der Waals surface area contributed by atoms with Gasteiger partial charge in [-0.3, -0.25) is 4.79 Å². The van der Waals surface area contributed by atoms with Crippen molar-refractivity contribution in [1.82, 2.24) is 9.88 Å². The number of carbonyl (C=O) groups is 1. The zero-order chi connectivity index (χ0) is 16.5. The first-order valence-corrected chi connectivity index (χ1v) is 8.62. The van der Waals surface area contributed by atoms with Gasteiger partial charge in [0, 0.05) is 30.6 Å². The summed E-state index contributed by atoms with van der Waals surface area (Å²) in [7, 11) is 1.95. The van der Waals surface area contributed by atoms with E-state index < -0.39 is 0 Å². The summed E-state index contributed by atoms with van der Waals surface area (Å²) in [6.45, 7) is 0. The third-order valence-electron chi connectivity index (χ3n) is 5.25. The van der Waals surface area contributed by atoms with Crippen molar-refractivity contribution in [3.8, 4) is 0 Å². The largest absolute Gasteiger partial charge is 0.361 e. The van der Waals surface area contributed by atoms with Crippen LogP contribution >= 0.6 is 0 Å². The Balaban J connectivity index is 1.45. The molecule has 1 aliphatic rings. The zero-order valence-corrected chi connectivity index (χ0v) is 14.0. The van der Waals surface area contributed by atoms with E-state index in [2.05, 4.69) is 41.4 Å². The molecule has 1 amide bonds. The second-order valence-corrected chi connectivity index (χ2v) is 6.62. The summed E-state index contributed by atoms with van der Waals surface area (Å²) >= 11 is 0. The van der Waals surface area contributed by atoms with Gasteiger partial charge in [-0.1, -0.05) is 42.5 Å². The summed E-state index contributed by atoms with van der Waals surface area (Å²) in [6, 6.07) is 17.0. The van der Waals surface area contributed by atoms with Crippen LogP contribution in [0.2, 0.25) is 0 Å². The molecular weight excluding hydrogens is 296 g/mol. The van der Waals surface area contributed by atoms with Crippen molar-refractivity contribution in [2.75, 3.05) is 7.05 Å². The van der Waals surface area contributed by atoms with Crippen LogP contribution in [0.15, 0.2) is 54.7 Å². The van der Waals surface area contributed by atoms with Crippen LogP contribution in [0.25, 0.3) is 10.9 Å². The minimum Gasteiger partial charge on any atom is -0.361 e. The summed E-state index contributed by atoms with van der Waals surface area (Å²) < 4.78 is 0. The number of benzene rings is 2. The van der Waals surface area contributed by atoms with Gasteiger partial charge < -0.3 is 9.88 Å². The van der Waals surface area contributed by atoms with E-state index in [9.17, 15) is 4.79 Å². The SMILES string of the molecule is CN(C(=O)CCc1c[nH]c2ccccc12)[C@@H]1CCc2ccccc21. The molecule has 122 valence electrons. The van der Waals surface area contributed by atoms with Gasteiger partial charge in [-0.25, -0.2) is 0 Å². The Labute approximate surface area is 142 Å². The highest BCUT2D eigenvalue weighted by Crippen LogP contribution is 2.35. The monoisotopic (exact) mass is 318 g/mol. The van der Waals surface area contributed by atoms with Gasteiger partial charge in [0.25, 0.3) is 0 Å². The molecule has 0 saturated heterocycles. The van der Waals surface area contributed by atoms with Gasteiger partial charge in [0.05, 0.1) is 6.04 Å². The normalized spacial score (nSPS) is 16.3. The fourth-order valence-electron chi connectivity index (χ4n) is 3.87. The first-order valence-electron chi connectivity index (χ1n) is 8.62. The first kappa shape index (κ1) is 15.0. The Kier molecular flexibility index (Phi) is 3.85. The number of carbonyl (C=O) groups excluding carboxylic acids is 1. The van der Waals surface area contributed by atoms with Gasteiger partial charge >= 0.3 is 0 Å². The lowest BCUT2D eigenvalue weighted by Crippen LogP contribution is -2.30. The minimum atomic E-state index is 0.224. The van der Waals surface area contributed by atoms with Gasteiger partial charge in [0.2, 0.25) is 5.91 Å². The van der Waals surface area contributed by atoms with Gasteiger partial charge in [-0.15, -0.1) is 0 Å². The molecule has 4 rings (SSSR count). The maximum Gasteiger partial charge on any atom is 0.223 e. The van der Waals surface area contributed by atoms with Crippen molar-refractivity contribution >= 4 is 16.8 Å². The maximum atomic E-state index is 12.7. The highest BCUT2D eigenvalue weighted by molar-refractivity contribution is 5.84. The molecule has 3 nitrogen and oxygen atoms in total. The van der Waals surface area contributed by atoms with E-state index in [0.29, 0.717) is 6.42 Å².